The van der Waals surface area contributed by atoms with Gasteiger partial charge in [-0.2, -0.15) is 5.26 Å². The van der Waals surface area contributed by atoms with Gasteiger partial charge in [-0.15, -0.1) is 11.3 Å². The maximum atomic E-state index is 11.5. The van der Waals surface area contributed by atoms with E-state index in [1.807, 2.05) is 19.9 Å². The van der Waals surface area contributed by atoms with E-state index in [-0.39, 0.29) is 0 Å². The number of nitrogens with zero attached hydrogens (tertiary/aromatic N) is 1. The molecule has 0 atom stereocenters. The van der Waals surface area contributed by atoms with Crippen LogP contribution in [0.4, 0.5) is 5.00 Å². The minimum absolute atomic E-state index is 0.456. The van der Waals surface area contributed by atoms with Crippen molar-refractivity contribution in [3.63, 3.8) is 0 Å². The van der Waals surface area contributed by atoms with Gasteiger partial charge in [0.25, 0.3) is 0 Å². The molecule has 5 nitrogen and oxygen atoms in total. The van der Waals surface area contributed by atoms with Gasteiger partial charge in [0, 0.05) is 17.0 Å². The Balaban J connectivity index is 2.83. The molecule has 0 aliphatic rings. The summed E-state index contributed by atoms with van der Waals surface area (Å²) in [7, 11) is 1.23. The first-order valence-corrected chi connectivity index (χ1v) is 5.88. The van der Waals surface area contributed by atoms with Gasteiger partial charge >= 0.3 is 5.97 Å². The van der Waals surface area contributed by atoms with Crippen LogP contribution >= 0.6 is 11.3 Å². The summed E-state index contributed by atoms with van der Waals surface area (Å²) in [5.74, 6) is -1.08. The number of carbonyl (C=O) groups excluding carboxylic acids is 2. The van der Waals surface area contributed by atoms with Crippen LogP contribution in [-0.4, -0.2) is 19.0 Å². The molecule has 1 amide bonds. The van der Waals surface area contributed by atoms with Crippen LogP contribution in [0.3, 0.4) is 0 Å². The van der Waals surface area contributed by atoms with Crippen molar-refractivity contribution < 1.29 is 14.3 Å². The van der Waals surface area contributed by atoms with Crippen LogP contribution in [0, 0.1) is 25.2 Å². The molecule has 0 saturated heterocycles. The van der Waals surface area contributed by atoms with Crippen LogP contribution in [0.1, 0.15) is 16.0 Å². The molecule has 6 heteroatoms. The van der Waals surface area contributed by atoms with Crippen LogP contribution in [0.25, 0.3) is 0 Å². The Morgan fingerprint density at radius 2 is 2.06 bits per heavy atom. The number of anilines is 1. The van der Waals surface area contributed by atoms with E-state index in [4.69, 9.17) is 5.26 Å². The van der Waals surface area contributed by atoms with Gasteiger partial charge in [0.2, 0.25) is 5.91 Å². The van der Waals surface area contributed by atoms with E-state index in [1.54, 1.807) is 0 Å². The number of methoxy groups -OCH3 is 1. The zero-order chi connectivity index (χ0) is 13.7. The van der Waals surface area contributed by atoms with Crippen LogP contribution in [0.2, 0.25) is 0 Å². The molecule has 18 heavy (non-hydrogen) atoms. The number of ether oxygens (including phenoxy) is 1. The first-order chi connectivity index (χ1) is 8.49. The molecular formula is C12H12N2O3S. The normalized spacial score (nSPS) is 10.1. The molecule has 1 aromatic heterocycles. The van der Waals surface area contributed by atoms with E-state index < -0.39 is 11.9 Å². The fraction of sp³-hybridized carbons (Fsp3) is 0.250. The Bertz CT molecular complexity index is 552. The summed E-state index contributed by atoms with van der Waals surface area (Å²) in [6.07, 6.45) is 2.09. The smallest absolute Gasteiger partial charge is 0.330 e. The molecule has 1 N–H and O–H groups in total. The molecule has 1 heterocycles. The molecule has 0 unspecified atom stereocenters. The minimum Gasteiger partial charge on any atom is -0.466 e. The summed E-state index contributed by atoms with van der Waals surface area (Å²) in [6.45, 7) is 3.70. The number of esters is 1. The zero-order valence-electron chi connectivity index (χ0n) is 10.2. The number of hydrogen-bond donors (Lipinski definition) is 1. The van der Waals surface area contributed by atoms with Crippen molar-refractivity contribution in [2.24, 2.45) is 0 Å². The Morgan fingerprint density at radius 3 is 2.61 bits per heavy atom. The van der Waals surface area contributed by atoms with Gasteiger partial charge in [-0.3, -0.25) is 4.79 Å². The second kappa shape index (κ2) is 5.98. The highest BCUT2D eigenvalue weighted by atomic mass is 32.1. The summed E-state index contributed by atoms with van der Waals surface area (Å²) in [4.78, 5) is 23.3. The molecular weight excluding hydrogens is 252 g/mol. The number of nitriles is 1. The van der Waals surface area contributed by atoms with Gasteiger partial charge in [0.1, 0.15) is 11.1 Å². The Morgan fingerprint density at radius 1 is 1.39 bits per heavy atom. The molecule has 0 aromatic carbocycles. The monoisotopic (exact) mass is 264 g/mol. The lowest BCUT2D eigenvalue weighted by Crippen LogP contribution is -2.08. The topological polar surface area (TPSA) is 79.2 Å². The second-order valence-electron chi connectivity index (χ2n) is 3.44. The molecule has 0 bridgehead atoms. The summed E-state index contributed by atoms with van der Waals surface area (Å²) in [6, 6.07) is 2.05. The number of hydrogen-bond acceptors (Lipinski definition) is 5. The number of amides is 1. The largest absolute Gasteiger partial charge is 0.466 e. The molecule has 1 rings (SSSR count). The quantitative estimate of drug-likeness (QED) is 0.668. The van der Waals surface area contributed by atoms with Crippen LogP contribution in [-0.2, 0) is 14.3 Å². The predicted molar refractivity (Wildman–Crippen MR) is 68.3 cm³/mol. The van der Waals surface area contributed by atoms with Gasteiger partial charge < -0.3 is 10.1 Å². The minimum atomic E-state index is -0.607. The zero-order valence-corrected chi connectivity index (χ0v) is 11.1. The second-order valence-corrected chi connectivity index (χ2v) is 4.67. The SMILES string of the molecule is COC(=O)/C=C/C(=O)Nc1sc(C)c(C)c1C#N. The van der Waals surface area contributed by atoms with Crippen molar-refractivity contribution in [2.75, 3.05) is 12.4 Å². The van der Waals surface area contributed by atoms with Gasteiger partial charge in [0.15, 0.2) is 0 Å². The summed E-state index contributed by atoms with van der Waals surface area (Å²) < 4.78 is 4.36. The molecule has 0 saturated carbocycles. The molecule has 0 spiro atoms. The average Bonchev–Trinajstić information content (AvgIpc) is 2.61. The molecule has 94 valence electrons. The standard InChI is InChI=1S/C12H12N2O3S/c1-7-8(2)18-12(9(7)6-13)14-10(15)4-5-11(16)17-3/h4-5H,1-3H3,(H,14,15)/b5-4+. The van der Waals surface area contributed by atoms with Crippen molar-refractivity contribution in [3.05, 3.63) is 28.2 Å². The molecule has 0 aliphatic heterocycles. The number of rotatable bonds is 3. The van der Waals surface area contributed by atoms with Gasteiger partial charge in [0.05, 0.1) is 12.7 Å². The van der Waals surface area contributed by atoms with E-state index >= 15 is 0 Å². The van der Waals surface area contributed by atoms with Crippen molar-refractivity contribution in [1.82, 2.24) is 0 Å². The number of aryl methyl sites for hydroxylation is 1. The third-order valence-electron chi connectivity index (χ3n) is 2.31. The van der Waals surface area contributed by atoms with E-state index in [0.29, 0.717) is 10.6 Å². The van der Waals surface area contributed by atoms with Crippen LogP contribution in [0.15, 0.2) is 12.2 Å². The number of thiophene rings is 1. The Kier molecular flexibility index (Phi) is 4.63. The lowest BCUT2D eigenvalue weighted by atomic mass is 10.2. The van der Waals surface area contributed by atoms with E-state index in [0.717, 1.165) is 22.6 Å². The number of carbonyl (C=O) groups is 2. The highest BCUT2D eigenvalue weighted by Crippen LogP contribution is 2.31. The Hall–Kier alpha value is -2.13. The molecule has 1 aromatic rings. The van der Waals surface area contributed by atoms with Gasteiger partial charge in [-0.25, -0.2) is 4.79 Å². The maximum absolute atomic E-state index is 11.5. The summed E-state index contributed by atoms with van der Waals surface area (Å²) in [5.41, 5.74) is 1.31. The van der Waals surface area contributed by atoms with Crippen LogP contribution < -0.4 is 5.32 Å². The fourth-order valence-corrected chi connectivity index (χ4v) is 2.23. The van der Waals surface area contributed by atoms with Crippen LogP contribution in [0.5, 0.6) is 0 Å². The maximum Gasteiger partial charge on any atom is 0.330 e. The predicted octanol–water partition coefficient (Wildman–Crippen LogP) is 1.90. The third-order valence-corrected chi connectivity index (χ3v) is 3.43. The van der Waals surface area contributed by atoms with E-state index in [9.17, 15) is 9.59 Å². The molecule has 0 radical (unpaired) electrons. The highest BCUT2D eigenvalue weighted by Gasteiger charge is 2.13. The first-order valence-electron chi connectivity index (χ1n) is 5.06. The lowest BCUT2D eigenvalue weighted by Gasteiger charge is -1.98. The summed E-state index contributed by atoms with van der Waals surface area (Å²) in [5, 5.41) is 12.1. The first kappa shape index (κ1) is 13.9. The van der Waals surface area contributed by atoms with E-state index in [1.165, 1.54) is 18.4 Å². The van der Waals surface area contributed by atoms with Crippen molar-refractivity contribution in [1.29, 1.82) is 5.26 Å². The van der Waals surface area contributed by atoms with Crippen molar-refractivity contribution in [3.8, 4) is 6.07 Å². The fourth-order valence-electron chi connectivity index (χ4n) is 1.21. The summed E-state index contributed by atoms with van der Waals surface area (Å²) >= 11 is 1.33. The Labute approximate surface area is 109 Å². The lowest BCUT2D eigenvalue weighted by molar-refractivity contribution is -0.135. The van der Waals surface area contributed by atoms with Crippen molar-refractivity contribution >= 4 is 28.2 Å². The number of nitrogens with one attached hydrogen (secondary N) is 1. The van der Waals surface area contributed by atoms with Gasteiger partial charge in [-0.05, 0) is 19.4 Å². The molecule has 0 fully saturated rings. The van der Waals surface area contributed by atoms with Crippen molar-refractivity contribution in [2.45, 2.75) is 13.8 Å². The third kappa shape index (κ3) is 3.18. The molecule has 0 aliphatic carbocycles. The van der Waals surface area contributed by atoms with E-state index in [2.05, 4.69) is 10.1 Å². The highest BCUT2D eigenvalue weighted by molar-refractivity contribution is 7.16. The van der Waals surface area contributed by atoms with Gasteiger partial charge in [-0.1, -0.05) is 0 Å². The average molecular weight is 264 g/mol.